The van der Waals surface area contributed by atoms with Crippen LogP contribution < -0.4 is 20.4 Å². The molecule has 1 amide bonds. The van der Waals surface area contributed by atoms with Gasteiger partial charge in [-0.05, 0) is 30.7 Å². The standard InChI is InChI=1S/C24H28N6O6S/c1-34-21-19(36-12-3-15-37(32,33)29-10-13-35-14-11-29)6-5-18-20(21)27-24(30-9-8-26-22(18)30)28-23(31)17-4-2-7-25-16-17/h2,4-7,16,26H,3,8-15H2,1H3. The number of nitrogens with one attached hydrogen (secondary N) is 1. The van der Waals surface area contributed by atoms with Gasteiger partial charge in [0.05, 0.1) is 38.2 Å². The first kappa shape index (κ1) is 25.1. The van der Waals surface area contributed by atoms with E-state index in [2.05, 4.69) is 20.3 Å². The van der Waals surface area contributed by atoms with Crippen molar-refractivity contribution in [3.05, 3.63) is 47.8 Å². The average molecular weight is 529 g/mol. The summed E-state index contributed by atoms with van der Waals surface area (Å²) in [5.74, 6) is 1.13. The lowest BCUT2D eigenvalue weighted by molar-refractivity contribution is 0.0730. The Morgan fingerprint density at radius 1 is 1.22 bits per heavy atom. The van der Waals surface area contributed by atoms with Crippen molar-refractivity contribution in [2.75, 3.05) is 57.6 Å². The molecule has 0 unspecified atom stereocenters. The van der Waals surface area contributed by atoms with E-state index >= 15 is 0 Å². The number of pyridine rings is 1. The highest BCUT2D eigenvalue weighted by molar-refractivity contribution is 7.89. The number of aromatic nitrogens is 3. The van der Waals surface area contributed by atoms with Crippen LogP contribution in [0.25, 0.3) is 10.9 Å². The average Bonchev–Trinajstić information content (AvgIpc) is 3.42. The van der Waals surface area contributed by atoms with Crippen molar-refractivity contribution in [2.45, 2.75) is 13.0 Å². The molecule has 0 saturated carbocycles. The number of hydrogen-bond acceptors (Lipinski definition) is 9. The van der Waals surface area contributed by atoms with Crippen molar-refractivity contribution >= 4 is 32.7 Å². The molecule has 0 aliphatic carbocycles. The number of amides is 1. The first-order chi connectivity index (χ1) is 18.0. The second kappa shape index (κ2) is 10.8. The Bertz CT molecular complexity index is 1470. The molecule has 196 valence electrons. The van der Waals surface area contributed by atoms with E-state index in [0.717, 1.165) is 11.2 Å². The Morgan fingerprint density at radius 3 is 2.81 bits per heavy atom. The fraction of sp³-hybridized carbons (Fsp3) is 0.417. The molecular formula is C24H28N6O6S. The Morgan fingerprint density at radius 2 is 2.05 bits per heavy atom. The van der Waals surface area contributed by atoms with Crippen LogP contribution in [0.5, 0.6) is 11.5 Å². The van der Waals surface area contributed by atoms with Gasteiger partial charge in [-0.1, -0.05) is 0 Å². The number of carbonyl (C=O) groups is 1. The van der Waals surface area contributed by atoms with Gasteiger partial charge in [0.1, 0.15) is 11.3 Å². The number of sulfonamides is 1. The van der Waals surface area contributed by atoms with Gasteiger partial charge < -0.3 is 19.5 Å². The number of anilines is 1. The van der Waals surface area contributed by atoms with E-state index in [0.29, 0.717) is 68.4 Å². The molecule has 12 nitrogen and oxygen atoms in total. The molecule has 37 heavy (non-hydrogen) atoms. The fourth-order valence-electron chi connectivity index (χ4n) is 4.37. The molecule has 1 aromatic carbocycles. The van der Waals surface area contributed by atoms with E-state index < -0.39 is 15.9 Å². The molecule has 4 heterocycles. The fourth-order valence-corrected chi connectivity index (χ4v) is 5.81. The third kappa shape index (κ3) is 5.29. The number of carbonyl (C=O) groups excluding carboxylic acids is 1. The molecule has 0 spiro atoms. The van der Waals surface area contributed by atoms with Crippen LogP contribution in [0.2, 0.25) is 0 Å². The molecular weight excluding hydrogens is 500 g/mol. The van der Waals surface area contributed by atoms with Gasteiger partial charge in [-0.25, -0.2) is 13.4 Å². The Labute approximate surface area is 214 Å². The highest BCUT2D eigenvalue weighted by Crippen LogP contribution is 2.37. The lowest BCUT2D eigenvalue weighted by Crippen LogP contribution is -2.42. The maximum absolute atomic E-state index is 12.7. The van der Waals surface area contributed by atoms with E-state index in [4.69, 9.17) is 14.2 Å². The minimum Gasteiger partial charge on any atom is -0.491 e. The minimum absolute atomic E-state index is 0.0191. The van der Waals surface area contributed by atoms with Crippen LogP contribution in [-0.4, -0.2) is 85.5 Å². The second-order valence-electron chi connectivity index (χ2n) is 8.52. The first-order valence-electron chi connectivity index (χ1n) is 12.0. The smallest absolute Gasteiger partial charge is 0.281 e. The van der Waals surface area contributed by atoms with Crippen molar-refractivity contribution in [1.82, 2.24) is 18.8 Å². The molecule has 0 radical (unpaired) electrons. The molecule has 2 aromatic heterocycles. The third-order valence-electron chi connectivity index (χ3n) is 6.18. The monoisotopic (exact) mass is 528 g/mol. The van der Waals surface area contributed by atoms with Crippen LogP contribution >= 0.6 is 0 Å². The normalized spacial score (nSPS) is 16.4. The van der Waals surface area contributed by atoms with Gasteiger partial charge in [-0.15, -0.1) is 0 Å². The summed E-state index contributed by atoms with van der Waals surface area (Å²) in [4.78, 5) is 25.7. The molecule has 2 aliphatic rings. The summed E-state index contributed by atoms with van der Waals surface area (Å²) in [6, 6.07) is 6.96. The van der Waals surface area contributed by atoms with Crippen molar-refractivity contribution in [1.29, 1.82) is 0 Å². The minimum atomic E-state index is -3.37. The largest absolute Gasteiger partial charge is 0.491 e. The van der Waals surface area contributed by atoms with Crippen LogP contribution in [0.4, 0.5) is 5.82 Å². The zero-order valence-corrected chi connectivity index (χ0v) is 21.2. The summed E-state index contributed by atoms with van der Waals surface area (Å²) in [6.45, 7) is 3.03. The lowest BCUT2D eigenvalue weighted by atomic mass is 10.2. The zero-order chi connectivity index (χ0) is 25.8. The highest BCUT2D eigenvalue weighted by atomic mass is 32.2. The van der Waals surface area contributed by atoms with Gasteiger partial charge in [0.15, 0.2) is 11.5 Å². The van der Waals surface area contributed by atoms with E-state index in [-0.39, 0.29) is 18.0 Å². The summed E-state index contributed by atoms with van der Waals surface area (Å²) >= 11 is 0. The van der Waals surface area contributed by atoms with Gasteiger partial charge in [-0.3, -0.25) is 14.3 Å². The third-order valence-corrected chi connectivity index (χ3v) is 8.14. The van der Waals surface area contributed by atoms with E-state index in [1.807, 2.05) is 10.6 Å². The summed E-state index contributed by atoms with van der Waals surface area (Å²) in [5, 5.41) is 4.13. The zero-order valence-electron chi connectivity index (χ0n) is 20.4. The summed E-state index contributed by atoms with van der Waals surface area (Å²) in [5.41, 5.74) is 1.09. The van der Waals surface area contributed by atoms with Crippen molar-refractivity contribution < 1.29 is 27.4 Å². The van der Waals surface area contributed by atoms with Gasteiger partial charge in [0.25, 0.3) is 5.91 Å². The van der Waals surface area contributed by atoms with Crippen LogP contribution in [0, 0.1) is 0 Å². The van der Waals surface area contributed by atoms with Crippen LogP contribution in [-0.2, 0) is 21.3 Å². The van der Waals surface area contributed by atoms with Gasteiger partial charge >= 0.3 is 0 Å². The van der Waals surface area contributed by atoms with Crippen molar-refractivity contribution in [3.63, 3.8) is 0 Å². The Kier molecular flexibility index (Phi) is 7.35. The van der Waals surface area contributed by atoms with Gasteiger partial charge in [0, 0.05) is 44.0 Å². The number of ether oxygens (including phenoxy) is 3. The SMILES string of the molecule is COc1c(OCCCS(=O)(=O)N2CCOCC2)ccc2c3n(c(=NC(=O)c4cccnc4)nc12)CCN3. The molecule has 0 bridgehead atoms. The van der Waals surface area contributed by atoms with Gasteiger partial charge in [-0.2, -0.15) is 9.30 Å². The first-order valence-corrected chi connectivity index (χ1v) is 13.6. The van der Waals surface area contributed by atoms with Gasteiger partial charge in [0.2, 0.25) is 15.6 Å². The maximum Gasteiger partial charge on any atom is 0.281 e. The summed E-state index contributed by atoms with van der Waals surface area (Å²) in [6.07, 6.45) is 3.36. The van der Waals surface area contributed by atoms with E-state index in [1.54, 1.807) is 24.4 Å². The van der Waals surface area contributed by atoms with E-state index in [9.17, 15) is 13.2 Å². The summed E-state index contributed by atoms with van der Waals surface area (Å²) in [7, 11) is -1.85. The number of methoxy groups -OCH3 is 1. The van der Waals surface area contributed by atoms with Crippen LogP contribution in [0.15, 0.2) is 41.7 Å². The molecule has 1 N–H and O–H groups in total. The highest BCUT2D eigenvalue weighted by Gasteiger charge is 2.24. The quantitative estimate of drug-likeness (QED) is 0.425. The number of morpholine rings is 1. The summed E-state index contributed by atoms with van der Waals surface area (Å²) < 4.78 is 45.2. The van der Waals surface area contributed by atoms with Crippen molar-refractivity contribution in [3.8, 4) is 11.5 Å². The molecule has 1 fully saturated rings. The molecule has 0 atom stereocenters. The number of benzene rings is 1. The van der Waals surface area contributed by atoms with E-state index in [1.165, 1.54) is 17.6 Å². The Hall–Kier alpha value is -3.55. The topological polar surface area (TPSA) is 137 Å². The molecule has 1 saturated heterocycles. The second-order valence-corrected chi connectivity index (χ2v) is 10.6. The molecule has 3 aromatic rings. The predicted molar refractivity (Wildman–Crippen MR) is 135 cm³/mol. The van der Waals surface area contributed by atoms with Crippen LogP contribution in [0.3, 0.4) is 0 Å². The Balaban J connectivity index is 1.40. The number of rotatable bonds is 8. The van der Waals surface area contributed by atoms with Crippen molar-refractivity contribution in [2.24, 2.45) is 4.99 Å². The van der Waals surface area contributed by atoms with Crippen LogP contribution in [0.1, 0.15) is 16.8 Å². The number of nitrogens with zero attached hydrogens (tertiary/aromatic N) is 5. The number of hydrogen-bond donors (Lipinski definition) is 1. The molecule has 13 heteroatoms. The molecule has 2 aliphatic heterocycles. The maximum atomic E-state index is 12.7. The predicted octanol–water partition coefficient (Wildman–Crippen LogP) is 1.04. The number of fused-ring (bicyclic) bond motifs is 3. The molecule has 5 rings (SSSR count). The lowest BCUT2D eigenvalue weighted by Gasteiger charge is -2.26.